The number of halogens is 2. The number of aromatic nitrogens is 1. The highest BCUT2D eigenvalue weighted by Gasteiger charge is 2.10. The average molecular weight is 298 g/mol. The summed E-state index contributed by atoms with van der Waals surface area (Å²) in [6.07, 6.45) is 1.29. The number of hydrogen-bond acceptors (Lipinski definition) is 4. The number of nitrogens with zero attached hydrogens (tertiary/aromatic N) is 1. The summed E-state index contributed by atoms with van der Waals surface area (Å²) in [5.41, 5.74) is 11.1. The van der Waals surface area contributed by atoms with Crippen molar-refractivity contribution in [1.29, 1.82) is 0 Å². The van der Waals surface area contributed by atoms with E-state index in [4.69, 9.17) is 39.4 Å². The normalized spacial score (nSPS) is 10.2. The van der Waals surface area contributed by atoms with Gasteiger partial charge in [-0.2, -0.15) is 0 Å². The third-order valence-electron chi connectivity index (χ3n) is 2.28. The van der Waals surface area contributed by atoms with E-state index in [1.165, 1.54) is 18.3 Å². The molecule has 1 aromatic carbocycles. The molecular formula is C12H9Cl2N3O2. The summed E-state index contributed by atoms with van der Waals surface area (Å²) < 4.78 is 5.44. The van der Waals surface area contributed by atoms with Crippen LogP contribution in [0, 0.1) is 0 Å². The number of amides is 1. The first-order valence-electron chi connectivity index (χ1n) is 5.15. The zero-order valence-electron chi connectivity index (χ0n) is 9.56. The summed E-state index contributed by atoms with van der Waals surface area (Å²) in [6, 6.07) is 6.09. The van der Waals surface area contributed by atoms with Gasteiger partial charge in [0.25, 0.3) is 5.91 Å². The van der Waals surface area contributed by atoms with E-state index in [2.05, 4.69) is 4.98 Å². The zero-order valence-corrected chi connectivity index (χ0v) is 11.1. The van der Waals surface area contributed by atoms with Crippen molar-refractivity contribution in [3.63, 3.8) is 0 Å². The van der Waals surface area contributed by atoms with E-state index in [1.54, 1.807) is 12.1 Å². The highest BCUT2D eigenvalue weighted by atomic mass is 35.5. The Kier molecular flexibility index (Phi) is 3.78. The van der Waals surface area contributed by atoms with Gasteiger partial charge in [0.2, 0.25) is 5.88 Å². The lowest BCUT2D eigenvalue weighted by molar-refractivity contribution is 0.100. The van der Waals surface area contributed by atoms with Crippen LogP contribution < -0.4 is 16.2 Å². The first-order valence-corrected chi connectivity index (χ1v) is 5.91. The van der Waals surface area contributed by atoms with Gasteiger partial charge in [-0.25, -0.2) is 4.98 Å². The van der Waals surface area contributed by atoms with Gasteiger partial charge in [-0.15, -0.1) is 0 Å². The lowest BCUT2D eigenvalue weighted by atomic mass is 10.2. The van der Waals surface area contributed by atoms with Gasteiger partial charge in [-0.1, -0.05) is 23.2 Å². The molecule has 19 heavy (non-hydrogen) atoms. The number of nitrogens with two attached hydrogens (primary N) is 2. The van der Waals surface area contributed by atoms with Gasteiger partial charge in [-0.05, 0) is 18.2 Å². The number of rotatable bonds is 3. The van der Waals surface area contributed by atoms with Crippen LogP contribution in [0.2, 0.25) is 10.0 Å². The SMILES string of the molecule is NC(=O)c1cc(Oc2ccc(Cl)cc2Cl)ncc1N. The van der Waals surface area contributed by atoms with Crippen molar-refractivity contribution in [3.8, 4) is 11.6 Å². The maximum absolute atomic E-state index is 11.2. The Morgan fingerprint density at radius 1 is 1.26 bits per heavy atom. The standard InChI is InChI=1S/C12H9Cl2N3O2/c13-6-1-2-10(8(14)3-6)19-11-4-7(12(16)18)9(15)5-17-11/h1-5H,15H2,(H2,16,18). The number of carbonyl (C=O) groups excluding carboxylic acids is 1. The minimum Gasteiger partial charge on any atom is -0.437 e. The van der Waals surface area contributed by atoms with E-state index in [-0.39, 0.29) is 17.1 Å². The summed E-state index contributed by atoms with van der Waals surface area (Å²) in [5, 5.41) is 0.812. The molecule has 7 heteroatoms. The summed E-state index contributed by atoms with van der Waals surface area (Å²) in [4.78, 5) is 15.1. The lowest BCUT2D eigenvalue weighted by Crippen LogP contribution is -2.13. The third kappa shape index (κ3) is 3.07. The van der Waals surface area contributed by atoms with Crippen molar-refractivity contribution >= 4 is 34.8 Å². The molecule has 2 aromatic rings. The molecule has 0 bridgehead atoms. The van der Waals surface area contributed by atoms with E-state index in [0.717, 1.165) is 0 Å². The second-order valence-corrected chi connectivity index (χ2v) is 4.49. The fraction of sp³-hybridized carbons (Fsp3) is 0. The van der Waals surface area contributed by atoms with Crippen LogP contribution in [-0.2, 0) is 0 Å². The molecule has 0 unspecified atom stereocenters. The molecule has 4 N–H and O–H groups in total. The summed E-state index contributed by atoms with van der Waals surface area (Å²) >= 11 is 11.7. The predicted molar refractivity (Wildman–Crippen MR) is 73.7 cm³/mol. The number of anilines is 1. The molecule has 2 rings (SSSR count). The highest BCUT2D eigenvalue weighted by Crippen LogP contribution is 2.31. The molecule has 0 saturated carbocycles. The molecule has 0 aliphatic rings. The second-order valence-electron chi connectivity index (χ2n) is 3.65. The first-order chi connectivity index (χ1) is 8.97. The van der Waals surface area contributed by atoms with E-state index < -0.39 is 5.91 Å². The molecule has 1 aromatic heterocycles. The largest absolute Gasteiger partial charge is 0.437 e. The van der Waals surface area contributed by atoms with Crippen molar-refractivity contribution in [2.45, 2.75) is 0 Å². The van der Waals surface area contributed by atoms with Crippen LogP contribution in [0.15, 0.2) is 30.5 Å². The summed E-state index contributed by atoms with van der Waals surface area (Å²) in [5.74, 6) is -0.141. The third-order valence-corrected chi connectivity index (χ3v) is 2.81. The average Bonchev–Trinajstić information content (AvgIpc) is 2.34. The smallest absolute Gasteiger partial charge is 0.251 e. The number of hydrogen-bond donors (Lipinski definition) is 2. The Balaban J connectivity index is 2.33. The fourth-order valence-corrected chi connectivity index (χ4v) is 1.83. The van der Waals surface area contributed by atoms with Crippen LogP contribution in [0.1, 0.15) is 10.4 Å². The van der Waals surface area contributed by atoms with Crippen molar-refractivity contribution in [2.24, 2.45) is 5.73 Å². The maximum Gasteiger partial charge on any atom is 0.251 e. The van der Waals surface area contributed by atoms with E-state index >= 15 is 0 Å². The highest BCUT2D eigenvalue weighted by molar-refractivity contribution is 6.35. The minimum atomic E-state index is -0.660. The molecule has 0 spiro atoms. The van der Waals surface area contributed by atoms with Gasteiger partial charge in [0.05, 0.1) is 22.5 Å². The van der Waals surface area contributed by atoms with Crippen molar-refractivity contribution in [2.75, 3.05) is 5.73 Å². The lowest BCUT2D eigenvalue weighted by Gasteiger charge is -2.08. The van der Waals surface area contributed by atoms with Crippen LogP contribution in [0.25, 0.3) is 0 Å². The topological polar surface area (TPSA) is 91.2 Å². The molecule has 98 valence electrons. The Bertz CT molecular complexity index is 647. The van der Waals surface area contributed by atoms with Gasteiger partial charge in [0.1, 0.15) is 5.75 Å². The van der Waals surface area contributed by atoms with Gasteiger partial charge in [0.15, 0.2) is 0 Å². The van der Waals surface area contributed by atoms with Crippen molar-refractivity contribution in [1.82, 2.24) is 4.98 Å². The number of ether oxygens (including phenoxy) is 1. The molecule has 0 atom stereocenters. The van der Waals surface area contributed by atoms with E-state index in [1.807, 2.05) is 0 Å². The maximum atomic E-state index is 11.2. The van der Waals surface area contributed by atoms with E-state index in [9.17, 15) is 4.79 Å². The van der Waals surface area contributed by atoms with E-state index in [0.29, 0.717) is 15.8 Å². The number of carbonyl (C=O) groups is 1. The van der Waals surface area contributed by atoms with Crippen LogP contribution in [0.5, 0.6) is 11.6 Å². The molecule has 0 aliphatic carbocycles. The van der Waals surface area contributed by atoms with Gasteiger partial charge < -0.3 is 16.2 Å². The predicted octanol–water partition coefficient (Wildman–Crippen LogP) is 2.86. The number of pyridine rings is 1. The summed E-state index contributed by atoms with van der Waals surface area (Å²) in [7, 11) is 0. The van der Waals surface area contributed by atoms with Gasteiger partial charge in [-0.3, -0.25) is 4.79 Å². The quantitative estimate of drug-likeness (QED) is 0.911. The molecular weight excluding hydrogens is 289 g/mol. The molecule has 5 nitrogen and oxygen atoms in total. The minimum absolute atomic E-state index is 0.134. The van der Waals surface area contributed by atoms with Gasteiger partial charge >= 0.3 is 0 Å². The fourth-order valence-electron chi connectivity index (χ4n) is 1.39. The molecule has 0 saturated heterocycles. The summed E-state index contributed by atoms with van der Waals surface area (Å²) in [6.45, 7) is 0. The Hall–Kier alpha value is -1.98. The Morgan fingerprint density at radius 3 is 2.63 bits per heavy atom. The zero-order chi connectivity index (χ0) is 14.0. The van der Waals surface area contributed by atoms with Crippen LogP contribution >= 0.6 is 23.2 Å². The van der Waals surface area contributed by atoms with Crippen molar-refractivity contribution in [3.05, 3.63) is 46.1 Å². The van der Waals surface area contributed by atoms with Crippen LogP contribution in [0.4, 0.5) is 5.69 Å². The number of nitrogen functional groups attached to an aromatic ring is 1. The molecule has 1 heterocycles. The molecule has 1 amide bonds. The van der Waals surface area contributed by atoms with Crippen molar-refractivity contribution < 1.29 is 9.53 Å². The number of benzene rings is 1. The molecule has 0 fully saturated rings. The number of primary amides is 1. The first kappa shape index (κ1) is 13.5. The second kappa shape index (κ2) is 5.34. The Morgan fingerprint density at radius 2 is 2.00 bits per heavy atom. The van der Waals surface area contributed by atoms with Gasteiger partial charge in [0, 0.05) is 11.1 Å². The van der Waals surface area contributed by atoms with Crippen LogP contribution in [-0.4, -0.2) is 10.9 Å². The molecule has 0 radical (unpaired) electrons. The monoisotopic (exact) mass is 297 g/mol. The molecule has 0 aliphatic heterocycles. The Labute approximate surface area is 119 Å². The van der Waals surface area contributed by atoms with Crippen LogP contribution in [0.3, 0.4) is 0 Å².